The molecule has 2 N–H and O–H groups in total. The molecule has 0 aliphatic heterocycles. The Hall–Kier alpha value is -2.30. The predicted octanol–water partition coefficient (Wildman–Crippen LogP) is 2.85. The third-order valence-electron chi connectivity index (χ3n) is 2.53. The van der Waals surface area contributed by atoms with Crippen LogP contribution >= 0.6 is 0 Å². The van der Waals surface area contributed by atoms with Crippen LogP contribution in [0.1, 0.15) is 34.8 Å². The van der Waals surface area contributed by atoms with Crippen LogP contribution < -0.4 is 5.32 Å². The maximum Gasteiger partial charge on any atom is 0.335 e. The molecule has 18 heavy (non-hydrogen) atoms. The second-order valence-corrected chi connectivity index (χ2v) is 4.07. The Labute approximate surface area is 104 Å². The van der Waals surface area contributed by atoms with E-state index in [4.69, 9.17) is 9.52 Å². The van der Waals surface area contributed by atoms with Crippen LogP contribution in [0.25, 0.3) is 0 Å². The standard InChI is InChI=1S/C13H14N2O3/c1-8-6-10(13(16)17)7-12(14-8)15-9(2)11-4-3-5-18-11/h3-7,9H,1-2H3,(H,14,15)(H,16,17). The molecule has 0 aliphatic rings. The zero-order valence-electron chi connectivity index (χ0n) is 10.2. The SMILES string of the molecule is Cc1cc(C(=O)O)cc(NC(C)c2ccco2)n1. The molecule has 0 spiro atoms. The molecule has 1 unspecified atom stereocenters. The number of nitrogens with one attached hydrogen (secondary N) is 1. The van der Waals surface area contributed by atoms with Gasteiger partial charge in [0.1, 0.15) is 11.6 Å². The van der Waals surface area contributed by atoms with Gasteiger partial charge in [0.25, 0.3) is 0 Å². The predicted molar refractivity (Wildman–Crippen MR) is 66.7 cm³/mol. The van der Waals surface area contributed by atoms with Gasteiger partial charge < -0.3 is 14.8 Å². The number of hydrogen-bond acceptors (Lipinski definition) is 4. The van der Waals surface area contributed by atoms with Crippen LogP contribution in [0.3, 0.4) is 0 Å². The molecule has 2 aromatic heterocycles. The molecule has 0 amide bonds. The quantitative estimate of drug-likeness (QED) is 0.867. The number of carboxylic acid groups (broad SMARTS) is 1. The fourth-order valence-electron chi connectivity index (χ4n) is 1.70. The summed E-state index contributed by atoms with van der Waals surface area (Å²) in [4.78, 5) is 15.2. The zero-order chi connectivity index (χ0) is 13.1. The molecule has 0 fully saturated rings. The summed E-state index contributed by atoms with van der Waals surface area (Å²) >= 11 is 0. The molecular formula is C13H14N2O3. The molecule has 2 heterocycles. The van der Waals surface area contributed by atoms with E-state index >= 15 is 0 Å². The average molecular weight is 246 g/mol. The monoisotopic (exact) mass is 246 g/mol. The zero-order valence-corrected chi connectivity index (χ0v) is 10.2. The van der Waals surface area contributed by atoms with Gasteiger partial charge in [0.05, 0.1) is 17.9 Å². The Morgan fingerprint density at radius 3 is 2.89 bits per heavy atom. The van der Waals surface area contributed by atoms with E-state index < -0.39 is 5.97 Å². The molecule has 0 radical (unpaired) electrons. The van der Waals surface area contributed by atoms with Crippen molar-refractivity contribution < 1.29 is 14.3 Å². The molecule has 5 nitrogen and oxygen atoms in total. The fraction of sp³-hybridized carbons (Fsp3) is 0.231. The second kappa shape index (κ2) is 4.91. The van der Waals surface area contributed by atoms with E-state index in [2.05, 4.69) is 10.3 Å². The van der Waals surface area contributed by atoms with Gasteiger partial charge in [-0.25, -0.2) is 9.78 Å². The average Bonchev–Trinajstić information content (AvgIpc) is 2.81. The fourth-order valence-corrected chi connectivity index (χ4v) is 1.70. The lowest BCUT2D eigenvalue weighted by Crippen LogP contribution is -2.09. The Morgan fingerprint density at radius 1 is 1.50 bits per heavy atom. The van der Waals surface area contributed by atoms with Gasteiger partial charge in [0.2, 0.25) is 0 Å². The number of aromatic carboxylic acids is 1. The molecule has 0 saturated carbocycles. The number of anilines is 1. The number of pyridine rings is 1. The Balaban J connectivity index is 2.21. The summed E-state index contributed by atoms with van der Waals surface area (Å²) in [6.45, 7) is 3.68. The van der Waals surface area contributed by atoms with Crippen molar-refractivity contribution in [1.29, 1.82) is 0 Å². The molecule has 2 rings (SSSR count). The van der Waals surface area contributed by atoms with Gasteiger partial charge in [-0.3, -0.25) is 0 Å². The third kappa shape index (κ3) is 2.68. The highest BCUT2D eigenvalue weighted by Gasteiger charge is 2.11. The summed E-state index contributed by atoms with van der Waals surface area (Å²) in [6.07, 6.45) is 1.60. The van der Waals surface area contributed by atoms with Crippen molar-refractivity contribution in [3.63, 3.8) is 0 Å². The van der Waals surface area contributed by atoms with E-state index in [1.165, 1.54) is 12.1 Å². The summed E-state index contributed by atoms with van der Waals surface area (Å²) in [6, 6.07) is 6.63. The highest BCUT2D eigenvalue weighted by Crippen LogP contribution is 2.19. The first-order valence-corrected chi connectivity index (χ1v) is 5.58. The van der Waals surface area contributed by atoms with E-state index in [0.717, 1.165) is 5.76 Å². The van der Waals surface area contributed by atoms with Gasteiger partial charge >= 0.3 is 5.97 Å². The number of nitrogens with zero attached hydrogens (tertiary/aromatic N) is 1. The molecule has 1 atom stereocenters. The number of aryl methyl sites for hydroxylation is 1. The summed E-state index contributed by atoms with van der Waals surface area (Å²) in [5.41, 5.74) is 0.876. The van der Waals surface area contributed by atoms with Crippen molar-refractivity contribution in [1.82, 2.24) is 4.98 Å². The van der Waals surface area contributed by atoms with Crippen molar-refractivity contribution in [2.24, 2.45) is 0 Å². The van der Waals surface area contributed by atoms with E-state index in [1.54, 1.807) is 19.3 Å². The first kappa shape index (κ1) is 12.2. The Morgan fingerprint density at radius 2 is 2.28 bits per heavy atom. The van der Waals surface area contributed by atoms with E-state index in [1.807, 2.05) is 13.0 Å². The molecule has 0 saturated heterocycles. The van der Waals surface area contributed by atoms with Crippen LogP contribution in [0.4, 0.5) is 5.82 Å². The Kier molecular flexibility index (Phi) is 3.32. The number of furan rings is 1. The lowest BCUT2D eigenvalue weighted by Gasteiger charge is -2.13. The molecule has 2 aromatic rings. The van der Waals surface area contributed by atoms with Crippen molar-refractivity contribution >= 4 is 11.8 Å². The molecular weight excluding hydrogens is 232 g/mol. The highest BCUT2D eigenvalue weighted by molar-refractivity contribution is 5.88. The van der Waals surface area contributed by atoms with Gasteiger partial charge in [-0.1, -0.05) is 0 Å². The number of carboxylic acids is 1. The van der Waals surface area contributed by atoms with Crippen molar-refractivity contribution in [3.8, 4) is 0 Å². The van der Waals surface area contributed by atoms with Gasteiger partial charge in [-0.2, -0.15) is 0 Å². The minimum absolute atomic E-state index is 0.0732. The molecule has 0 aromatic carbocycles. The van der Waals surface area contributed by atoms with Crippen LogP contribution in [-0.2, 0) is 0 Å². The third-order valence-corrected chi connectivity index (χ3v) is 2.53. The van der Waals surface area contributed by atoms with Crippen LogP contribution in [0.5, 0.6) is 0 Å². The largest absolute Gasteiger partial charge is 0.478 e. The first-order valence-electron chi connectivity index (χ1n) is 5.58. The summed E-state index contributed by atoms with van der Waals surface area (Å²) in [7, 11) is 0. The molecule has 0 aliphatic carbocycles. The van der Waals surface area contributed by atoms with Gasteiger partial charge in [0.15, 0.2) is 0 Å². The van der Waals surface area contributed by atoms with Crippen LogP contribution in [0.15, 0.2) is 34.9 Å². The second-order valence-electron chi connectivity index (χ2n) is 4.07. The minimum Gasteiger partial charge on any atom is -0.478 e. The van der Waals surface area contributed by atoms with E-state index in [-0.39, 0.29) is 11.6 Å². The lowest BCUT2D eigenvalue weighted by molar-refractivity contribution is 0.0696. The van der Waals surface area contributed by atoms with Crippen molar-refractivity contribution in [3.05, 3.63) is 47.5 Å². The number of aromatic nitrogens is 1. The molecule has 5 heteroatoms. The normalized spacial score (nSPS) is 12.1. The number of hydrogen-bond donors (Lipinski definition) is 2. The summed E-state index contributed by atoms with van der Waals surface area (Å²) < 4.78 is 5.27. The van der Waals surface area contributed by atoms with Gasteiger partial charge in [-0.05, 0) is 38.1 Å². The lowest BCUT2D eigenvalue weighted by atomic mass is 10.2. The van der Waals surface area contributed by atoms with E-state index in [9.17, 15) is 4.79 Å². The molecule has 0 bridgehead atoms. The summed E-state index contributed by atoms with van der Waals surface area (Å²) in [5.74, 6) is 0.334. The maximum absolute atomic E-state index is 10.9. The van der Waals surface area contributed by atoms with Crippen LogP contribution in [0, 0.1) is 6.92 Å². The van der Waals surface area contributed by atoms with Crippen molar-refractivity contribution in [2.45, 2.75) is 19.9 Å². The van der Waals surface area contributed by atoms with Gasteiger partial charge in [0, 0.05) is 5.69 Å². The summed E-state index contributed by atoms with van der Waals surface area (Å²) in [5, 5.41) is 12.1. The molecule has 94 valence electrons. The first-order chi connectivity index (χ1) is 8.56. The number of rotatable bonds is 4. The Bertz CT molecular complexity index is 549. The topological polar surface area (TPSA) is 75.4 Å². The van der Waals surface area contributed by atoms with Gasteiger partial charge in [-0.15, -0.1) is 0 Å². The minimum atomic E-state index is -0.964. The highest BCUT2D eigenvalue weighted by atomic mass is 16.4. The maximum atomic E-state index is 10.9. The van der Waals surface area contributed by atoms with Crippen molar-refractivity contribution in [2.75, 3.05) is 5.32 Å². The van der Waals surface area contributed by atoms with E-state index in [0.29, 0.717) is 11.5 Å². The number of carbonyl (C=O) groups is 1. The smallest absolute Gasteiger partial charge is 0.335 e. The van der Waals surface area contributed by atoms with Crippen LogP contribution in [0.2, 0.25) is 0 Å². The van der Waals surface area contributed by atoms with Crippen LogP contribution in [-0.4, -0.2) is 16.1 Å².